The van der Waals surface area contributed by atoms with E-state index in [2.05, 4.69) is 11.4 Å². The number of rotatable bonds is 3. The van der Waals surface area contributed by atoms with Crippen LogP contribution in [0.1, 0.15) is 11.1 Å². The Morgan fingerprint density at radius 2 is 1.73 bits per heavy atom. The molecule has 0 bridgehead atoms. The van der Waals surface area contributed by atoms with Gasteiger partial charge in [0.2, 0.25) is 5.91 Å². The van der Waals surface area contributed by atoms with Gasteiger partial charge >= 0.3 is 6.03 Å². The smallest absolute Gasteiger partial charge is 0.317 e. The van der Waals surface area contributed by atoms with Gasteiger partial charge in [0.15, 0.2) is 0 Å². The minimum atomic E-state index is -0.151. The molecule has 0 radical (unpaired) electrons. The highest BCUT2D eigenvalue weighted by Crippen LogP contribution is 2.05. The number of nitrogens with one attached hydrogen (secondary N) is 1. The van der Waals surface area contributed by atoms with Gasteiger partial charge in [0.1, 0.15) is 5.88 Å². The zero-order valence-electron chi connectivity index (χ0n) is 12.1. The van der Waals surface area contributed by atoms with Crippen molar-refractivity contribution in [2.45, 2.75) is 6.54 Å². The minimum absolute atomic E-state index is 0.0229. The van der Waals surface area contributed by atoms with Crippen LogP contribution in [0.25, 0.3) is 0 Å². The summed E-state index contributed by atoms with van der Waals surface area (Å²) < 4.78 is 0. The molecule has 0 spiro atoms. The molecule has 22 heavy (non-hydrogen) atoms. The van der Waals surface area contributed by atoms with Crippen LogP contribution in [0.5, 0.6) is 0 Å². The van der Waals surface area contributed by atoms with Crippen LogP contribution in [0.3, 0.4) is 0 Å². The molecule has 1 heterocycles. The molecule has 0 saturated carbocycles. The molecular formula is C15H17ClN4O2. The molecule has 6 nitrogen and oxygen atoms in total. The standard InChI is InChI=1S/C15H17ClN4O2/c16-9-14(21)19-5-7-20(8-6-19)15(22)18-11-13-3-1-12(10-17)2-4-13/h1-4H,5-9,11H2,(H,18,22). The van der Waals surface area contributed by atoms with Crippen LogP contribution in [-0.4, -0.2) is 53.8 Å². The molecule has 1 aromatic carbocycles. The van der Waals surface area contributed by atoms with Gasteiger partial charge < -0.3 is 15.1 Å². The molecule has 1 fully saturated rings. The van der Waals surface area contributed by atoms with Crippen LogP contribution in [-0.2, 0) is 11.3 Å². The molecule has 0 atom stereocenters. The lowest BCUT2D eigenvalue weighted by molar-refractivity contribution is -0.129. The molecule has 0 unspecified atom stereocenters. The van der Waals surface area contributed by atoms with Crippen LogP contribution in [0, 0.1) is 11.3 Å². The Bertz CT molecular complexity index is 574. The fourth-order valence-corrected chi connectivity index (χ4v) is 2.40. The van der Waals surface area contributed by atoms with Crippen LogP contribution < -0.4 is 5.32 Å². The molecule has 7 heteroatoms. The summed E-state index contributed by atoms with van der Waals surface area (Å²) in [6, 6.07) is 8.97. The van der Waals surface area contributed by atoms with Gasteiger partial charge in [-0.3, -0.25) is 4.79 Å². The van der Waals surface area contributed by atoms with E-state index >= 15 is 0 Å². The first-order chi connectivity index (χ1) is 10.6. The Morgan fingerprint density at radius 1 is 1.14 bits per heavy atom. The third-order valence-electron chi connectivity index (χ3n) is 3.56. The molecule has 0 aliphatic carbocycles. The summed E-state index contributed by atoms with van der Waals surface area (Å²) in [6.45, 7) is 2.43. The number of nitriles is 1. The average Bonchev–Trinajstić information content (AvgIpc) is 2.59. The van der Waals surface area contributed by atoms with Gasteiger partial charge in [-0.1, -0.05) is 12.1 Å². The Labute approximate surface area is 134 Å². The minimum Gasteiger partial charge on any atom is -0.338 e. The maximum atomic E-state index is 12.1. The van der Waals surface area contributed by atoms with Gasteiger partial charge in [0.25, 0.3) is 0 Å². The van der Waals surface area contributed by atoms with E-state index in [9.17, 15) is 9.59 Å². The summed E-state index contributed by atoms with van der Waals surface area (Å²) in [5.74, 6) is -0.121. The lowest BCUT2D eigenvalue weighted by atomic mass is 10.1. The van der Waals surface area contributed by atoms with Crippen LogP contribution in [0.2, 0.25) is 0 Å². The fraction of sp³-hybridized carbons (Fsp3) is 0.400. The molecule has 116 valence electrons. The highest BCUT2D eigenvalue weighted by Gasteiger charge is 2.23. The van der Waals surface area contributed by atoms with E-state index in [4.69, 9.17) is 16.9 Å². The third kappa shape index (κ3) is 4.12. The van der Waals surface area contributed by atoms with E-state index in [0.717, 1.165) is 5.56 Å². The van der Waals surface area contributed by atoms with Gasteiger partial charge in [-0.05, 0) is 17.7 Å². The van der Waals surface area contributed by atoms with E-state index < -0.39 is 0 Å². The highest BCUT2D eigenvalue weighted by molar-refractivity contribution is 6.27. The number of hydrogen-bond donors (Lipinski definition) is 1. The van der Waals surface area contributed by atoms with Crippen molar-refractivity contribution >= 4 is 23.5 Å². The molecule has 1 aliphatic heterocycles. The zero-order valence-corrected chi connectivity index (χ0v) is 12.8. The number of halogens is 1. The van der Waals surface area contributed by atoms with Crippen LogP contribution >= 0.6 is 11.6 Å². The Kier molecular flexibility index (Phi) is 5.61. The number of amides is 3. The molecule has 1 aromatic rings. The Hall–Kier alpha value is -2.26. The van der Waals surface area contributed by atoms with Gasteiger partial charge in [0, 0.05) is 32.7 Å². The molecule has 0 aromatic heterocycles. The number of piperazine rings is 1. The van der Waals surface area contributed by atoms with Crippen LogP contribution in [0.15, 0.2) is 24.3 Å². The van der Waals surface area contributed by atoms with Gasteiger partial charge in [0.05, 0.1) is 11.6 Å². The maximum absolute atomic E-state index is 12.1. The quantitative estimate of drug-likeness (QED) is 0.849. The number of hydrogen-bond acceptors (Lipinski definition) is 3. The Morgan fingerprint density at radius 3 is 2.27 bits per heavy atom. The van der Waals surface area contributed by atoms with Crippen molar-refractivity contribution in [1.29, 1.82) is 5.26 Å². The molecule has 3 amide bonds. The van der Waals surface area contributed by atoms with Crippen molar-refractivity contribution in [2.75, 3.05) is 32.1 Å². The SMILES string of the molecule is N#Cc1ccc(CNC(=O)N2CCN(C(=O)CCl)CC2)cc1. The summed E-state index contributed by atoms with van der Waals surface area (Å²) in [4.78, 5) is 26.9. The second-order valence-electron chi connectivity index (χ2n) is 4.97. The van der Waals surface area contributed by atoms with E-state index in [0.29, 0.717) is 38.3 Å². The third-order valence-corrected chi connectivity index (χ3v) is 3.79. The van der Waals surface area contributed by atoms with E-state index in [1.165, 1.54) is 0 Å². The van der Waals surface area contributed by atoms with Gasteiger partial charge in [-0.2, -0.15) is 5.26 Å². The van der Waals surface area contributed by atoms with Gasteiger partial charge in [-0.25, -0.2) is 4.79 Å². The lowest BCUT2D eigenvalue weighted by Gasteiger charge is -2.34. The molecule has 1 N–H and O–H groups in total. The van der Waals surface area contributed by atoms with Crippen molar-refractivity contribution in [3.8, 4) is 6.07 Å². The predicted molar refractivity (Wildman–Crippen MR) is 82.3 cm³/mol. The summed E-state index contributed by atoms with van der Waals surface area (Å²) in [5.41, 5.74) is 1.53. The first-order valence-corrected chi connectivity index (χ1v) is 7.53. The number of nitrogens with zero attached hydrogens (tertiary/aromatic N) is 3. The molecule has 1 aliphatic rings. The molecule has 1 saturated heterocycles. The van der Waals surface area contributed by atoms with E-state index in [1.807, 2.05) is 12.1 Å². The highest BCUT2D eigenvalue weighted by atomic mass is 35.5. The number of alkyl halides is 1. The largest absolute Gasteiger partial charge is 0.338 e. The summed E-state index contributed by atoms with van der Waals surface area (Å²) in [5, 5.41) is 11.6. The lowest BCUT2D eigenvalue weighted by Crippen LogP contribution is -2.53. The molecule has 2 rings (SSSR count). The van der Waals surface area contributed by atoms with Crippen molar-refractivity contribution in [2.24, 2.45) is 0 Å². The second-order valence-corrected chi connectivity index (χ2v) is 5.24. The van der Waals surface area contributed by atoms with Crippen molar-refractivity contribution in [3.05, 3.63) is 35.4 Å². The first-order valence-electron chi connectivity index (χ1n) is 6.99. The monoisotopic (exact) mass is 320 g/mol. The zero-order chi connectivity index (χ0) is 15.9. The first kappa shape index (κ1) is 16.1. The van der Waals surface area contributed by atoms with Gasteiger partial charge in [-0.15, -0.1) is 11.6 Å². The second kappa shape index (κ2) is 7.66. The number of urea groups is 1. The van der Waals surface area contributed by atoms with Crippen molar-refractivity contribution < 1.29 is 9.59 Å². The summed E-state index contributed by atoms with van der Waals surface area (Å²) >= 11 is 5.52. The van der Waals surface area contributed by atoms with Crippen molar-refractivity contribution in [1.82, 2.24) is 15.1 Å². The normalized spacial score (nSPS) is 14.4. The number of benzene rings is 1. The van der Waals surface area contributed by atoms with E-state index in [-0.39, 0.29) is 17.8 Å². The van der Waals surface area contributed by atoms with E-state index in [1.54, 1.807) is 21.9 Å². The Balaban J connectivity index is 1.78. The predicted octanol–water partition coefficient (Wildman–Crippen LogP) is 1.15. The van der Waals surface area contributed by atoms with Crippen LogP contribution in [0.4, 0.5) is 4.79 Å². The number of carbonyl (C=O) groups excluding carboxylic acids is 2. The maximum Gasteiger partial charge on any atom is 0.317 e. The number of carbonyl (C=O) groups is 2. The summed E-state index contributed by atoms with van der Waals surface area (Å²) in [6.07, 6.45) is 0. The summed E-state index contributed by atoms with van der Waals surface area (Å²) in [7, 11) is 0. The molecular weight excluding hydrogens is 304 g/mol. The fourth-order valence-electron chi connectivity index (χ4n) is 2.23. The van der Waals surface area contributed by atoms with Crippen molar-refractivity contribution in [3.63, 3.8) is 0 Å². The topological polar surface area (TPSA) is 76.4 Å². The average molecular weight is 321 g/mol.